The predicted octanol–water partition coefficient (Wildman–Crippen LogP) is -0.384. The number of nitrogens with one attached hydrogen (secondary N) is 1. The second-order valence-corrected chi connectivity index (χ2v) is 4.24. The quantitative estimate of drug-likeness (QED) is 0.345. The highest BCUT2D eigenvalue weighted by atomic mass is 32.2. The predicted molar refractivity (Wildman–Crippen MR) is 65.4 cm³/mol. The Hall–Kier alpha value is -2.19. The van der Waals surface area contributed by atoms with Crippen LogP contribution in [-0.2, 0) is 19.7 Å². The summed E-state index contributed by atoms with van der Waals surface area (Å²) in [4.78, 5) is 21.6. The highest BCUT2D eigenvalue weighted by Gasteiger charge is 2.00. The second kappa shape index (κ2) is 7.20. The maximum absolute atomic E-state index is 11.3. The Kier molecular flexibility index (Phi) is 6.32. The SMILES string of the molecule is C=C(C=CC(N)=O)C(=O)NC=CC=CS(=O)(=O)O. The van der Waals surface area contributed by atoms with Crippen molar-refractivity contribution >= 4 is 21.9 Å². The van der Waals surface area contributed by atoms with Crippen molar-refractivity contribution in [1.29, 1.82) is 0 Å². The first-order valence-electron chi connectivity index (χ1n) is 4.50. The molecule has 0 aromatic carbocycles. The summed E-state index contributed by atoms with van der Waals surface area (Å²) in [6.07, 6.45) is 5.44. The van der Waals surface area contributed by atoms with Gasteiger partial charge < -0.3 is 11.1 Å². The molecule has 0 atom stereocenters. The Labute approximate surface area is 104 Å². The summed E-state index contributed by atoms with van der Waals surface area (Å²) in [5.74, 6) is -1.31. The van der Waals surface area contributed by atoms with Crippen molar-refractivity contribution in [2.45, 2.75) is 0 Å². The number of nitrogens with two attached hydrogens (primary N) is 1. The summed E-state index contributed by atoms with van der Waals surface area (Å²) >= 11 is 0. The van der Waals surface area contributed by atoms with E-state index in [1.807, 2.05) is 0 Å². The van der Waals surface area contributed by atoms with E-state index in [1.165, 1.54) is 6.08 Å². The largest absolute Gasteiger partial charge is 0.366 e. The molecule has 0 rings (SSSR count). The number of carbonyl (C=O) groups is 2. The maximum atomic E-state index is 11.3. The highest BCUT2D eigenvalue weighted by Crippen LogP contribution is 1.92. The van der Waals surface area contributed by atoms with Gasteiger partial charge in [-0.2, -0.15) is 8.42 Å². The van der Waals surface area contributed by atoms with Gasteiger partial charge in [0.15, 0.2) is 0 Å². The lowest BCUT2D eigenvalue weighted by atomic mass is 10.2. The summed E-state index contributed by atoms with van der Waals surface area (Å²) in [5, 5.41) is 2.78. The summed E-state index contributed by atoms with van der Waals surface area (Å²) < 4.78 is 28.9. The molecule has 18 heavy (non-hydrogen) atoms. The van der Waals surface area contributed by atoms with Crippen molar-refractivity contribution in [3.63, 3.8) is 0 Å². The Bertz CT molecular complexity index is 528. The Morgan fingerprint density at radius 3 is 2.33 bits per heavy atom. The van der Waals surface area contributed by atoms with Crippen LogP contribution in [0.3, 0.4) is 0 Å². The molecule has 0 spiro atoms. The van der Waals surface area contributed by atoms with E-state index in [4.69, 9.17) is 10.3 Å². The first kappa shape index (κ1) is 15.8. The molecule has 0 aromatic rings. The third-order valence-corrected chi connectivity index (χ3v) is 1.91. The minimum Gasteiger partial charge on any atom is -0.366 e. The van der Waals surface area contributed by atoms with E-state index in [-0.39, 0.29) is 5.57 Å². The fourth-order valence-corrected chi connectivity index (χ4v) is 0.964. The average molecular weight is 272 g/mol. The van der Waals surface area contributed by atoms with Crippen LogP contribution in [0.15, 0.2) is 48.1 Å². The van der Waals surface area contributed by atoms with Gasteiger partial charge in [-0.05, 0) is 18.2 Å². The molecule has 0 bridgehead atoms. The van der Waals surface area contributed by atoms with Gasteiger partial charge in [-0.3, -0.25) is 14.1 Å². The number of hydrogen-bond acceptors (Lipinski definition) is 4. The van der Waals surface area contributed by atoms with E-state index in [0.29, 0.717) is 5.41 Å². The number of allylic oxidation sites excluding steroid dienone is 2. The van der Waals surface area contributed by atoms with Gasteiger partial charge in [0.1, 0.15) is 0 Å². The van der Waals surface area contributed by atoms with Crippen molar-refractivity contribution in [3.05, 3.63) is 48.1 Å². The molecule has 2 amide bonds. The van der Waals surface area contributed by atoms with Crippen molar-refractivity contribution in [2.24, 2.45) is 5.73 Å². The molecule has 0 aliphatic heterocycles. The molecule has 0 saturated carbocycles. The fourth-order valence-electron chi connectivity index (χ4n) is 0.675. The van der Waals surface area contributed by atoms with Gasteiger partial charge in [0.2, 0.25) is 5.91 Å². The van der Waals surface area contributed by atoms with Gasteiger partial charge in [0, 0.05) is 17.8 Å². The number of primary amides is 1. The third kappa shape index (κ3) is 9.07. The first-order chi connectivity index (χ1) is 8.22. The first-order valence-corrected chi connectivity index (χ1v) is 6.00. The minimum absolute atomic E-state index is 0.00258. The Morgan fingerprint density at radius 1 is 1.22 bits per heavy atom. The molecule has 0 fully saturated rings. The summed E-state index contributed by atoms with van der Waals surface area (Å²) in [6.45, 7) is 3.37. The Balaban J connectivity index is 4.27. The lowest BCUT2D eigenvalue weighted by Crippen LogP contribution is -2.18. The van der Waals surface area contributed by atoms with Crippen LogP contribution in [0.1, 0.15) is 0 Å². The number of hydrogen-bond donors (Lipinski definition) is 3. The fraction of sp³-hybridized carbons (Fsp3) is 0. The zero-order chi connectivity index (χ0) is 14.2. The molecule has 0 unspecified atom stereocenters. The zero-order valence-corrected chi connectivity index (χ0v) is 10.1. The van der Waals surface area contributed by atoms with Gasteiger partial charge in [0.25, 0.3) is 16.0 Å². The molecule has 0 saturated heterocycles. The van der Waals surface area contributed by atoms with E-state index >= 15 is 0 Å². The lowest BCUT2D eigenvalue weighted by Gasteiger charge is -1.97. The summed E-state index contributed by atoms with van der Waals surface area (Å²) in [5.41, 5.74) is 4.82. The normalized spacial score (nSPS) is 12.3. The zero-order valence-electron chi connectivity index (χ0n) is 9.24. The average Bonchev–Trinajstić information content (AvgIpc) is 2.23. The molecular formula is C10H12N2O5S. The van der Waals surface area contributed by atoms with Gasteiger partial charge in [0.05, 0.1) is 5.41 Å². The minimum atomic E-state index is -4.18. The van der Waals surface area contributed by atoms with Crippen LogP contribution in [0.25, 0.3) is 0 Å². The second-order valence-electron chi connectivity index (χ2n) is 2.94. The van der Waals surface area contributed by atoms with E-state index < -0.39 is 21.9 Å². The molecule has 4 N–H and O–H groups in total. The third-order valence-electron chi connectivity index (χ3n) is 1.41. The molecule has 0 aliphatic rings. The van der Waals surface area contributed by atoms with Crippen LogP contribution in [0.5, 0.6) is 0 Å². The van der Waals surface area contributed by atoms with Crippen molar-refractivity contribution < 1.29 is 22.6 Å². The molecular weight excluding hydrogens is 260 g/mol. The smallest absolute Gasteiger partial charge is 0.287 e. The maximum Gasteiger partial charge on any atom is 0.287 e. The highest BCUT2D eigenvalue weighted by molar-refractivity contribution is 7.88. The van der Waals surface area contributed by atoms with Crippen LogP contribution in [0.2, 0.25) is 0 Å². The topological polar surface area (TPSA) is 127 Å². The number of amides is 2. The molecule has 8 heteroatoms. The van der Waals surface area contributed by atoms with E-state index in [1.54, 1.807) is 0 Å². The van der Waals surface area contributed by atoms with Crippen LogP contribution >= 0.6 is 0 Å². The molecule has 98 valence electrons. The van der Waals surface area contributed by atoms with Gasteiger partial charge >= 0.3 is 0 Å². The summed E-state index contributed by atoms with van der Waals surface area (Å²) in [7, 11) is -4.18. The van der Waals surface area contributed by atoms with E-state index in [9.17, 15) is 18.0 Å². The van der Waals surface area contributed by atoms with E-state index in [2.05, 4.69) is 11.9 Å². The van der Waals surface area contributed by atoms with Crippen LogP contribution in [0.4, 0.5) is 0 Å². The lowest BCUT2D eigenvalue weighted by molar-refractivity contribution is -0.116. The van der Waals surface area contributed by atoms with Crippen LogP contribution in [0, 0.1) is 0 Å². The Morgan fingerprint density at radius 2 is 1.83 bits per heavy atom. The van der Waals surface area contributed by atoms with Crippen molar-refractivity contribution in [1.82, 2.24) is 5.32 Å². The van der Waals surface area contributed by atoms with Crippen LogP contribution in [-0.4, -0.2) is 24.8 Å². The van der Waals surface area contributed by atoms with Gasteiger partial charge in [-0.15, -0.1) is 0 Å². The van der Waals surface area contributed by atoms with Crippen molar-refractivity contribution in [2.75, 3.05) is 0 Å². The monoisotopic (exact) mass is 272 g/mol. The number of carbonyl (C=O) groups excluding carboxylic acids is 2. The molecule has 7 nitrogen and oxygen atoms in total. The molecule has 0 aliphatic carbocycles. The van der Waals surface area contributed by atoms with Crippen molar-refractivity contribution in [3.8, 4) is 0 Å². The van der Waals surface area contributed by atoms with Crippen LogP contribution < -0.4 is 11.1 Å². The van der Waals surface area contributed by atoms with Gasteiger partial charge in [-0.25, -0.2) is 0 Å². The standard InChI is InChI=1S/C10H12N2O5S/c1-8(4-5-9(11)13)10(14)12-6-2-3-7-18(15,16)17/h2-7H,1H2,(H2,11,13)(H,12,14)(H,15,16,17). The molecule has 0 heterocycles. The summed E-state index contributed by atoms with van der Waals surface area (Å²) in [6, 6.07) is 0. The van der Waals surface area contributed by atoms with Gasteiger partial charge in [-0.1, -0.05) is 6.58 Å². The van der Waals surface area contributed by atoms with E-state index in [0.717, 1.165) is 24.4 Å². The molecule has 0 aromatic heterocycles. The molecule has 0 radical (unpaired) electrons. The number of rotatable bonds is 6.